The van der Waals surface area contributed by atoms with E-state index in [0.29, 0.717) is 6.04 Å². The van der Waals surface area contributed by atoms with Gasteiger partial charge in [-0.25, -0.2) is 4.98 Å². The zero-order valence-electron chi connectivity index (χ0n) is 9.69. The van der Waals surface area contributed by atoms with Gasteiger partial charge < -0.3 is 9.73 Å². The molecule has 0 spiro atoms. The lowest BCUT2D eigenvalue weighted by atomic mass is 10.2. The van der Waals surface area contributed by atoms with Crippen molar-refractivity contribution in [2.75, 3.05) is 0 Å². The fourth-order valence-corrected chi connectivity index (χ4v) is 2.01. The molecular weight excluding hydrogens is 280 g/mol. The molecule has 4 heteroatoms. The van der Waals surface area contributed by atoms with Gasteiger partial charge in [0.1, 0.15) is 10.4 Å². The summed E-state index contributed by atoms with van der Waals surface area (Å²) in [5, 5.41) is 3.42. The normalized spacial score (nSPS) is 12.6. The average molecular weight is 295 g/mol. The van der Waals surface area contributed by atoms with E-state index in [9.17, 15) is 0 Å². The van der Waals surface area contributed by atoms with Crippen molar-refractivity contribution >= 4 is 15.9 Å². The molecule has 0 amide bonds. The molecule has 2 rings (SSSR count). The Kier molecular flexibility index (Phi) is 4.34. The molecule has 2 aromatic heterocycles. The van der Waals surface area contributed by atoms with Crippen LogP contribution in [0.25, 0.3) is 0 Å². The number of hydrogen-bond acceptors (Lipinski definition) is 3. The third kappa shape index (κ3) is 3.98. The molecular formula is C13H15BrN2O. The molecule has 0 aliphatic rings. The van der Waals surface area contributed by atoms with Crippen molar-refractivity contribution < 1.29 is 4.42 Å². The van der Waals surface area contributed by atoms with E-state index in [4.69, 9.17) is 4.42 Å². The minimum atomic E-state index is 0.363. The summed E-state index contributed by atoms with van der Waals surface area (Å²) in [5.41, 5.74) is 1.03. The summed E-state index contributed by atoms with van der Waals surface area (Å²) in [4.78, 5) is 4.37. The second-order valence-electron chi connectivity index (χ2n) is 4.02. The zero-order valence-corrected chi connectivity index (χ0v) is 11.3. The summed E-state index contributed by atoms with van der Waals surface area (Å²) in [6.07, 6.45) is 2.60. The first kappa shape index (κ1) is 12.3. The third-order valence-corrected chi connectivity index (χ3v) is 2.93. The molecule has 17 heavy (non-hydrogen) atoms. The van der Waals surface area contributed by atoms with Crippen LogP contribution in [0.1, 0.15) is 18.4 Å². The van der Waals surface area contributed by atoms with Crippen molar-refractivity contribution in [2.45, 2.75) is 25.9 Å². The summed E-state index contributed by atoms with van der Waals surface area (Å²) < 4.78 is 6.18. The predicted octanol–water partition coefficient (Wildman–Crippen LogP) is 3.16. The van der Waals surface area contributed by atoms with Crippen LogP contribution in [0.4, 0.5) is 0 Å². The molecule has 0 aliphatic carbocycles. The molecule has 3 nitrogen and oxygen atoms in total. The molecule has 0 saturated carbocycles. The quantitative estimate of drug-likeness (QED) is 0.861. The first-order valence-corrected chi connectivity index (χ1v) is 6.40. The van der Waals surface area contributed by atoms with Gasteiger partial charge in [-0.3, -0.25) is 0 Å². The Bertz CT molecular complexity index is 456. The molecule has 1 N–H and O–H groups in total. The first-order chi connectivity index (χ1) is 8.24. The van der Waals surface area contributed by atoms with Crippen LogP contribution < -0.4 is 5.32 Å². The summed E-state index contributed by atoms with van der Waals surface area (Å²) in [6.45, 7) is 2.90. The highest BCUT2D eigenvalue weighted by Crippen LogP contribution is 2.07. The minimum absolute atomic E-state index is 0.363. The lowest BCUT2D eigenvalue weighted by molar-refractivity contribution is 0.455. The molecule has 0 aliphatic heterocycles. The molecule has 0 aromatic carbocycles. The number of rotatable bonds is 5. The van der Waals surface area contributed by atoms with Crippen molar-refractivity contribution in [3.8, 4) is 0 Å². The van der Waals surface area contributed by atoms with E-state index in [1.165, 1.54) is 0 Å². The largest absolute Gasteiger partial charge is 0.469 e. The van der Waals surface area contributed by atoms with Gasteiger partial charge in [0.25, 0.3) is 0 Å². The van der Waals surface area contributed by atoms with E-state index in [1.54, 1.807) is 6.26 Å². The van der Waals surface area contributed by atoms with E-state index in [0.717, 1.165) is 29.0 Å². The SMILES string of the molecule is CC(Cc1ccco1)NCc1cccc(Br)n1. The third-order valence-electron chi connectivity index (χ3n) is 2.49. The van der Waals surface area contributed by atoms with Gasteiger partial charge in [0.05, 0.1) is 12.0 Å². The van der Waals surface area contributed by atoms with Gasteiger partial charge in [0.2, 0.25) is 0 Å². The summed E-state index contributed by atoms with van der Waals surface area (Å²) in [5.74, 6) is 1.01. The molecule has 1 atom stereocenters. The van der Waals surface area contributed by atoms with Crippen molar-refractivity contribution in [2.24, 2.45) is 0 Å². The smallest absolute Gasteiger partial charge is 0.106 e. The first-order valence-electron chi connectivity index (χ1n) is 5.61. The standard InChI is InChI=1S/C13H15BrN2O/c1-10(8-12-5-3-7-17-12)15-9-11-4-2-6-13(14)16-11/h2-7,10,15H,8-9H2,1H3. The lowest BCUT2D eigenvalue weighted by Gasteiger charge is -2.11. The monoisotopic (exact) mass is 294 g/mol. The maximum Gasteiger partial charge on any atom is 0.106 e. The van der Waals surface area contributed by atoms with Crippen molar-refractivity contribution in [3.63, 3.8) is 0 Å². The highest BCUT2D eigenvalue weighted by atomic mass is 79.9. The maximum absolute atomic E-state index is 5.31. The minimum Gasteiger partial charge on any atom is -0.469 e. The maximum atomic E-state index is 5.31. The number of nitrogens with zero attached hydrogens (tertiary/aromatic N) is 1. The van der Waals surface area contributed by atoms with Gasteiger partial charge in [0, 0.05) is 19.0 Å². The number of hydrogen-bond donors (Lipinski definition) is 1. The second-order valence-corrected chi connectivity index (χ2v) is 4.83. The van der Waals surface area contributed by atoms with Crippen LogP contribution in [0.5, 0.6) is 0 Å². The van der Waals surface area contributed by atoms with Crippen LogP contribution in [0, 0.1) is 0 Å². The van der Waals surface area contributed by atoms with Gasteiger partial charge in [-0.05, 0) is 47.1 Å². The molecule has 90 valence electrons. The molecule has 2 heterocycles. The highest BCUT2D eigenvalue weighted by molar-refractivity contribution is 9.10. The number of halogens is 1. The van der Waals surface area contributed by atoms with Crippen molar-refractivity contribution in [1.29, 1.82) is 0 Å². The van der Waals surface area contributed by atoms with Crippen LogP contribution in [0.15, 0.2) is 45.6 Å². The van der Waals surface area contributed by atoms with Gasteiger partial charge >= 0.3 is 0 Å². The fraction of sp³-hybridized carbons (Fsp3) is 0.308. The van der Waals surface area contributed by atoms with E-state index in [-0.39, 0.29) is 0 Å². The van der Waals surface area contributed by atoms with Gasteiger partial charge in [-0.1, -0.05) is 6.07 Å². The Morgan fingerprint density at radius 2 is 2.24 bits per heavy atom. The number of furan rings is 1. The molecule has 0 saturated heterocycles. The molecule has 0 radical (unpaired) electrons. The van der Waals surface area contributed by atoms with Crippen LogP contribution in [0.2, 0.25) is 0 Å². The topological polar surface area (TPSA) is 38.1 Å². The number of pyridine rings is 1. The average Bonchev–Trinajstić information content (AvgIpc) is 2.79. The Morgan fingerprint density at radius 1 is 1.35 bits per heavy atom. The van der Waals surface area contributed by atoms with Crippen LogP contribution in [-0.2, 0) is 13.0 Å². The number of nitrogens with one attached hydrogen (secondary N) is 1. The molecule has 0 fully saturated rings. The highest BCUT2D eigenvalue weighted by Gasteiger charge is 2.05. The molecule has 0 bridgehead atoms. The lowest BCUT2D eigenvalue weighted by Crippen LogP contribution is -2.27. The van der Waals surface area contributed by atoms with Crippen LogP contribution in [0.3, 0.4) is 0 Å². The van der Waals surface area contributed by atoms with E-state index in [1.807, 2.05) is 30.3 Å². The Hall–Kier alpha value is -1.13. The Labute approximate surface area is 109 Å². The summed E-state index contributed by atoms with van der Waals surface area (Å²) >= 11 is 3.36. The van der Waals surface area contributed by atoms with E-state index in [2.05, 4.69) is 33.2 Å². The second kappa shape index (κ2) is 5.98. The van der Waals surface area contributed by atoms with Crippen molar-refractivity contribution in [1.82, 2.24) is 10.3 Å². The Morgan fingerprint density at radius 3 is 2.94 bits per heavy atom. The summed E-state index contributed by atoms with van der Waals surface area (Å²) in [7, 11) is 0. The van der Waals surface area contributed by atoms with Gasteiger partial charge in [-0.2, -0.15) is 0 Å². The summed E-state index contributed by atoms with van der Waals surface area (Å²) in [6, 6.07) is 10.2. The Balaban J connectivity index is 1.82. The van der Waals surface area contributed by atoms with Crippen molar-refractivity contribution in [3.05, 3.63) is 52.7 Å². The number of aromatic nitrogens is 1. The van der Waals surface area contributed by atoms with E-state index >= 15 is 0 Å². The molecule has 2 aromatic rings. The van der Waals surface area contributed by atoms with Gasteiger partial charge in [0.15, 0.2) is 0 Å². The molecule has 1 unspecified atom stereocenters. The zero-order chi connectivity index (χ0) is 12.1. The van der Waals surface area contributed by atoms with E-state index < -0.39 is 0 Å². The predicted molar refractivity (Wildman–Crippen MR) is 70.7 cm³/mol. The van der Waals surface area contributed by atoms with Crippen LogP contribution in [-0.4, -0.2) is 11.0 Å². The fourth-order valence-electron chi connectivity index (χ4n) is 1.63. The van der Waals surface area contributed by atoms with Crippen LogP contribution >= 0.6 is 15.9 Å². The van der Waals surface area contributed by atoms with Gasteiger partial charge in [-0.15, -0.1) is 0 Å².